The molecule has 1 aromatic carbocycles. The fourth-order valence-corrected chi connectivity index (χ4v) is 2.73. The van der Waals surface area contributed by atoms with Crippen LogP contribution >= 0.6 is 15.9 Å². The van der Waals surface area contributed by atoms with Crippen molar-refractivity contribution < 1.29 is 18.7 Å². The highest BCUT2D eigenvalue weighted by molar-refractivity contribution is 9.10. The molecule has 1 aromatic rings. The number of benzene rings is 1. The van der Waals surface area contributed by atoms with Gasteiger partial charge in [0, 0.05) is 17.6 Å². The number of esters is 1. The molecule has 108 valence electrons. The lowest BCUT2D eigenvalue weighted by Crippen LogP contribution is -2.40. The molecular weight excluding hydrogens is 329 g/mol. The zero-order chi connectivity index (χ0) is 14.7. The Morgan fingerprint density at radius 2 is 2.00 bits per heavy atom. The van der Waals surface area contributed by atoms with Gasteiger partial charge in [0.2, 0.25) is 0 Å². The fraction of sp³-hybridized carbons (Fsp3) is 0.429. The average molecular weight is 344 g/mol. The molecule has 1 saturated heterocycles. The van der Waals surface area contributed by atoms with E-state index in [-0.39, 0.29) is 17.8 Å². The summed E-state index contributed by atoms with van der Waals surface area (Å²) in [6.45, 7) is 0.948. The molecule has 0 spiro atoms. The summed E-state index contributed by atoms with van der Waals surface area (Å²) in [7, 11) is 1.36. The second-order valence-electron chi connectivity index (χ2n) is 4.71. The van der Waals surface area contributed by atoms with E-state index in [2.05, 4.69) is 15.9 Å². The van der Waals surface area contributed by atoms with Crippen molar-refractivity contribution in [2.24, 2.45) is 5.92 Å². The van der Waals surface area contributed by atoms with E-state index >= 15 is 0 Å². The van der Waals surface area contributed by atoms with Crippen LogP contribution in [0.5, 0.6) is 0 Å². The van der Waals surface area contributed by atoms with Crippen LogP contribution in [-0.2, 0) is 9.53 Å². The predicted molar refractivity (Wildman–Crippen MR) is 74.7 cm³/mol. The number of ether oxygens (including phenoxy) is 1. The number of amides is 1. The van der Waals surface area contributed by atoms with Gasteiger partial charge in [0.1, 0.15) is 5.82 Å². The number of carbonyl (C=O) groups is 2. The lowest BCUT2D eigenvalue weighted by Gasteiger charge is -2.31. The number of nitrogens with zero attached hydrogens (tertiary/aromatic N) is 1. The van der Waals surface area contributed by atoms with Crippen LogP contribution in [0.25, 0.3) is 0 Å². The van der Waals surface area contributed by atoms with Gasteiger partial charge in [-0.2, -0.15) is 0 Å². The second kappa shape index (κ2) is 6.35. The van der Waals surface area contributed by atoms with Crippen LogP contribution in [0.1, 0.15) is 23.2 Å². The summed E-state index contributed by atoms with van der Waals surface area (Å²) >= 11 is 3.26. The van der Waals surface area contributed by atoms with Gasteiger partial charge in [-0.05, 0) is 47.0 Å². The third-order valence-electron chi connectivity index (χ3n) is 3.48. The quantitative estimate of drug-likeness (QED) is 0.775. The van der Waals surface area contributed by atoms with Crippen molar-refractivity contribution in [1.29, 1.82) is 0 Å². The molecule has 0 atom stereocenters. The number of likely N-dealkylation sites (tertiary alicyclic amines) is 1. The van der Waals surface area contributed by atoms with Crippen LogP contribution in [0.2, 0.25) is 0 Å². The molecule has 0 unspecified atom stereocenters. The van der Waals surface area contributed by atoms with Crippen molar-refractivity contribution >= 4 is 27.8 Å². The van der Waals surface area contributed by atoms with E-state index in [1.165, 1.54) is 25.3 Å². The summed E-state index contributed by atoms with van der Waals surface area (Å²) in [6.07, 6.45) is 1.15. The zero-order valence-electron chi connectivity index (χ0n) is 11.1. The van der Waals surface area contributed by atoms with Gasteiger partial charge < -0.3 is 9.64 Å². The van der Waals surface area contributed by atoms with Crippen molar-refractivity contribution in [2.45, 2.75) is 12.8 Å². The van der Waals surface area contributed by atoms with Crippen LogP contribution in [-0.4, -0.2) is 37.0 Å². The first kappa shape index (κ1) is 15.0. The number of piperidine rings is 1. The van der Waals surface area contributed by atoms with E-state index in [1.54, 1.807) is 4.90 Å². The molecule has 1 heterocycles. The first-order chi connectivity index (χ1) is 9.52. The molecule has 0 N–H and O–H groups in total. The molecule has 1 aliphatic rings. The molecule has 0 aliphatic carbocycles. The third kappa shape index (κ3) is 3.17. The lowest BCUT2D eigenvalue weighted by atomic mass is 9.96. The Kier molecular flexibility index (Phi) is 4.75. The van der Waals surface area contributed by atoms with Crippen molar-refractivity contribution in [3.63, 3.8) is 0 Å². The lowest BCUT2D eigenvalue weighted by molar-refractivity contribution is -0.146. The van der Waals surface area contributed by atoms with Gasteiger partial charge in [-0.25, -0.2) is 4.39 Å². The Morgan fingerprint density at radius 3 is 2.60 bits per heavy atom. The number of carbonyl (C=O) groups excluding carboxylic acids is 2. The molecule has 0 bridgehead atoms. The zero-order valence-corrected chi connectivity index (χ0v) is 12.7. The van der Waals surface area contributed by atoms with Crippen LogP contribution < -0.4 is 0 Å². The molecule has 1 fully saturated rings. The molecule has 0 aromatic heterocycles. The van der Waals surface area contributed by atoms with Gasteiger partial charge in [-0.1, -0.05) is 0 Å². The minimum atomic E-state index is -0.444. The van der Waals surface area contributed by atoms with Crippen LogP contribution in [0.3, 0.4) is 0 Å². The normalized spacial score (nSPS) is 16.1. The largest absolute Gasteiger partial charge is 0.469 e. The molecule has 0 saturated carbocycles. The summed E-state index contributed by atoms with van der Waals surface area (Å²) < 4.78 is 18.5. The number of methoxy groups -OCH3 is 1. The highest BCUT2D eigenvalue weighted by Crippen LogP contribution is 2.24. The van der Waals surface area contributed by atoms with E-state index in [0.717, 1.165) is 0 Å². The van der Waals surface area contributed by atoms with Crippen molar-refractivity contribution in [3.05, 3.63) is 34.1 Å². The Balaban J connectivity index is 2.05. The number of hydrogen-bond acceptors (Lipinski definition) is 3. The Labute approximate surface area is 125 Å². The number of hydrogen-bond donors (Lipinski definition) is 0. The second-order valence-corrected chi connectivity index (χ2v) is 5.57. The molecular formula is C14H15BrFNO3. The van der Waals surface area contributed by atoms with E-state index in [9.17, 15) is 14.0 Å². The molecule has 1 aliphatic heterocycles. The highest BCUT2D eigenvalue weighted by Gasteiger charge is 2.29. The van der Waals surface area contributed by atoms with Gasteiger partial charge in [-0.15, -0.1) is 0 Å². The first-order valence-electron chi connectivity index (χ1n) is 6.35. The summed E-state index contributed by atoms with van der Waals surface area (Å²) in [6, 6.07) is 4.03. The van der Waals surface area contributed by atoms with Crippen LogP contribution in [0, 0.1) is 11.7 Å². The molecule has 6 heteroatoms. The molecule has 2 rings (SSSR count). The Bertz CT molecular complexity index is 527. The van der Waals surface area contributed by atoms with Gasteiger partial charge in [0.05, 0.1) is 18.6 Å². The van der Waals surface area contributed by atoms with Crippen LogP contribution in [0.4, 0.5) is 4.39 Å². The maximum Gasteiger partial charge on any atom is 0.308 e. The SMILES string of the molecule is COC(=O)C1CCN(C(=O)c2cc(F)ccc2Br)CC1. The van der Waals surface area contributed by atoms with E-state index in [0.29, 0.717) is 36.0 Å². The maximum absolute atomic E-state index is 13.2. The monoisotopic (exact) mass is 343 g/mol. The summed E-state index contributed by atoms with van der Waals surface area (Å²) in [5, 5.41) is 0. The van der Waals surface area contributed by atoms with Crippen molar-refractivity contribution in [1.82, 2.24) is 4.90 Å². The Hall–Kier alpha value is -1.43. The molecule has 1 amide bonds. The molecule has 4 nitrogen and oxygen atoms in total. The summed E-state index contributed by atoms with van der Waals surface area (Å²) in [5.74, 6) is -1.05. The Morgan fingerprint density at radius 1 is 1.35 bits per heavy atom. The van der Waals surface area contributed by atoms with Gasteiger partial charge >= 0.3 is 5.97 Å². The van der Waals surface area contributed by atoms with E-state index in [4.69, 9.17) is 4.74 Å². The average Bonchev–Trinajstić information content (AvgIpc) is 2.48. The minimum Gasteiger partial charge on any atom is -0.469 e. The van der Waals surface area contributed by atoms with E-state index < -0.39 is 5.82 Å². The third-order valence-corrected chi connectivity index (χ3v) is 4.17. The summed E-state index contributed by atoms with van der Waals surface area (Å²) in [4.78, 5) is 25.4. The maximum atomic E-state index is 13.2. The molecule has 0 radical (unpaired) electrons. The van der Waals surface area contributed by atoms with Crippen molar-refractivity contribution in [3.8, 4) is 0 Å². The smallest absolute Gasteiger partial charge is 0.308 e. The standard InChI is InChI=1S/C14H15BrFNO3/c1-20-14(19)9-4-6-17(7-5-9)13(18)11-8-10(16)2-3-12(11)15/h2-3,8-9H,4-7H2,1H3. The minimum absolute atomic E-state index is 0.153. The summed E-state index contributed by atoms with van der Waals surface area (Å²) in [5.41, 5.74) is 0.307. The van der Waals surface area contributed by atoms with Gasteiger partial charge in [0.25, 0.3) is 5.91 Å². The number of halogens is 2. The molecule has 20 heavy (non-hydrogen) atoms. The topological polar surface area (TPSA) is 46.6 Å². The highest BCUT2D eigenvalue weighted by atomic mass is 79.9. The van der Waals surface area contributed by atoms with E-state index in [1.807, 2.05) is 0 Å². The fourth-order valence-electron chi connectivity index (χ4n) is 2.32. The first-order valence-corrected chi connectivity index (χ1v) is 7.14. The van der Waals surface area contributed by atoms with Crippen molar-refractivity contribution in [2.75, 3.05) is 20.2 Å². The van der Waals surface area contributed by atoms with Gasteiger partial charge in [-0.3, -0.25) is 9.59 Å². The van der Waals surface area contributed by atoms with Gasteiger partial charge in [0.15, 0.2) is 0 Å². The van der Waals surface area contributed by atoms with Crippen LogP contribution in [0.15, 0.2) is 22.7 Å². The predicted octanol–water partition coefficient (Wildman–Crippen LogP) is 2.61. The number of rotatable bonds is 2.